The van der Waals surface area contributed by atoms with Crippen molar-refractivity contribution in [3.8, 4) is 0 Å². The first-order chi connectivity index (χ1) is 9.81. The lowest BCUT2D eigenvalue weighted by atomic mass is 10.1. The van der Waals surface area contributed by atoms with Gasteiger partial charge in [-0.05, 0) is 12.8 Å². The fourth-order valence-corrected chi connectivity index (χ4v) is 2.05. The number of ether oxygens (including phenoxy) is 2. The largest absolute Gasteiger partial charge is 0.463 e. The van der Waals surface area contributed by atoms with Crippen LogP contribution in [0.4, 0.5) is 0 Å². The summed E-state index contributed by atoms with van der Waals surface area (Å²) in [5, 5.41) is 0. The molecule has 0 saturated carbocycles. The summed E-state index contributed by atoms with van der Waals surface area (Å²) in [4.78, 5) is 21.4. The van der Waals surface area contributed by atoms with Gasteiger partial charge in [0.05, 0.1) is 6.61 Å². The maximum absolute atomic E-state index is 11.3. The molecule has 0 bridgehead atoms. The molecule has 0 spiro atoms. The summed E-state index contributed by atoms with van der Waals surface area (Å²) in [7, 11) is 1.59. The van der Waals surface area contributed by atoms with Crippen LogP contribution in [0.3, 0.4) is 0 Å². The van der Waals surface area contributed by atoms with Crippen LogP contribution in [0.25, 0.3) is 0 Å². The van der Waals surface area contributed by atoms with Crippen molar-refractivity contribution in [3.63, 3.8) is 0 Å². The predicted molar refractivity (Wildman–Crippen MR) is 79.7 cm³/mol. The van der Waals surface area contributed by atoms with E-state index in [9.17, 15) is 9.59 Å². The van der Waals surface area contributed by atoms with Gasteiger partial charge in [0.2, 0.25) is 0 Å². The van der Waals surface area contributed by atoms with Crippen molar-refractivity contribution >= 4 is 12.3 Å². The maximum atomic E-state index is 11.3. The quantitative estimate of drug-likeness (QED) is 0.262. The molecule has 0 unspecified atom stereocenters. The summed E-state index contributed by atoms with van der Waals surface area (Å²) in [6.07, 6.45) is 12.7. The topological polar surface area (TPSA) is 52.6 Å². The zero-order valence-electron chi connectivity index (χ0n) is 12.9. The van der Waals surface area contributed by atoms with Gasteiger partial charge in [0.1, 0.15) is 12.9 Å². The molecule has 0 rings (SSSR count). The average molecular weight is 286 g/mol. The lowest BCUT2D eigenvalue weighted by molar-refractivity contribution is -0.145. The van der Waals surface area contributed by atoms with Gasteiger partial charge in [-0.1, -0.05) is 44.9 Å². The van der Waals surface area contributed by atoms with Crippen LogP contribution in [-0.2, 0) is 19.1 Å². The van der Waals surface area contributed by atoms with Gasteiger partial charge in [0.15, 0.2) is 0 Å². The fourth-order valence-electron chi connectivity index (χ4n) is 2.05. The van der Waals surface area contributed by atoms with Crippen LogP contribution < -0.4 is 0 Å². The lowest BCUT2D eigenvalue weighted by Gasteiger charge is -2.04. The summed E-state index contributed by atoms with van der Waals surface area (Å²) < 4.78 is 9.79. The van der Waals surface area contributed by atoms with Gasteiger partial charge in [-0.15, -0.1) is 0 Å². The highest BCUT2D eigenvalue weighted by Crippen LogP contribution is 2.11. The molecule has 118 valence electrons. The number of esters is 1. The predicted octanol–water partition coefficient (Wildman–Crippen LogP) is 3.67. The van der Waals surface area contributed by atoms with Crippen molar-refractivity contribution in [1.82, 2.24) is 0 Å². The zero-order valence-corrected chi connectivity index (χ0v) is 12.9. The molecule has 4 heteroatoms. The second-order valence-corrected chi connectivity index (χ2v) is 5.10. The molecule has 0 atom stereocenters. The molecule has 0 heterocycles. The summed E-state index contributed by atoms with van der Waals surface area (Å²) in [5.74, 6) is -0.114. The van der Waals surface area contributed by atoms with E-state index in [2.05, 4.69) is 0 Å². The molecule has 0 N–H and O–H groups in total. The molecular weight excluding hydrogens is 256 g/mol. The number of rotatable bonds is 15. The van der Waals surface area contributed by atoms with E-state index < -0.39 is 0 Å². The molecule has 4 nitrogen and oxygen atoms in total. The third-order valence-corrected chi connectivity index (χ3v) is 3.25. The first kappa shape index (κ1) is 19.1. The van der Waals surface area contributed by atoms with E-state index in [0.29, 0.717) is 26.1 Å². The Labute approximate surface area is 123 Å². The highest BCUT2D eigenvalue weighted by atomic mass is 16.6. The second-order valence-electron chi connectivity index (χ2n) is 5.10. The zero-order chi connectivity index (χ0) is 14.9. The minimum Gasteiger partial charge on any atom is -0.463 e. The van der Waals surface area contributed by atoms with Gasteiger partial charge in [-0.25, -0.2) is 0 Å². The summed E-state index contributed by atoms with van der Waals surface area (Å²) in [6.45, 7) is 0.831. The Morgan fingerprint density at radius 1 is 0.850 bits per heavy atom. The Hall–Kier alpha value is -0.900. The average Bonchev–Trinajstić information content (AvgIpc) is 2.45. The van der Waals surface area contributed by atoms with E-state index in [1.807, 2.05) is 0 Å². The molecule has 0 aliphatic rings. The van der Waals surface area contributed by atoms with Crippen LogP contribution in [0.2, 0.25) is 0 Å². The summed E-state index contributed by atoms with van der Waals surface area (Å²) >= 11 is 0. The van der Waals surface area contributed by atoms with Crippen LogP contribution in [-0.4, -0.2) is 32.6 Å². The van der Waals surface area contributed by atoms with E-state index >= 15 is 0 Å². The lowest BCUT2D eigenvalue weighted by Crippen LogP contribution is -2.09. The van der Waals surface area contributed by atoms with Crippen LogP contribution >= 0.6 is 0 Å². The van der Waals surface area contributed by atoms with Gasteiger partial charge in [-0.3, -0.25) is 4.79 Å². The molecule has 0 fully saturated rings. The number of hydrogen-bond donors (Lipinski definition) is 0. The first-order valence-electron chi connectivity index (χ1n) is 7.89. The maximum Gasteiger partial charge on any atom is 0.305 e. The third kappa shape index (κ3) is 15.2. The Bertz CT molecular complexity index is 229. The minimum absolute atomic E-state index is 0.114. The first-order valence-corrected chi connectivity index (χ1v) is 7.89. The molecule has 0 amide bonds. The summed E-state index contributed by atoms with van der Waals surface area (Å²) in [5.41, 5.74) is 0. The smallest absolute Gasteiger partial charge is 0.305 e. The van der Waals surface area contributed by atoms with Crippen molar-refractivity contribution in [3.05, 3.63) is 0 Å². The molecule has 20 heavy (non-hydrogen) atoms. The molecule has 0 aromatic rings. The normalized spacial score (nSPS) is 10.4. The monoisotopic (exact) mass is 286 g/mol. The van der Waals surface area contributed by atoms with Crippen molar-refractivity contribution in [2.45, 2.75) is 70.6 Å². The second kappa shape index (κ2) is 16.2. The molecule has 0 aliphatic carbocycles. The Morgan fingerprint density at radius 3 is 1.95 bits per heavy atom. The number of carbonyl (C=O) groups is 2. The van der Waals surface area contributed by atoms with Crippen LogP contribution in [0.1, 0.15) is 70.6 Å². The van der Waals surface area contributed by atoms with Gasteiger partial charge in [0.25, 0.3) is 0 Å². The van der Waals surface area contributed by atoms with Gasteiger partial charge < -0.3 is 14.3 Å². The van der Waals surface area contributed by atoms with Crippen LogP contribution in [0.5, 0.6) is 0 Å². The van der Waals surface area contributed by atoms with E-state index in [4.69, 9.17) is 9.47 Å². The minimum atomic E-state index is -0.114. The van der Waals surface area contributed by atoms with Crippen LogP contribution in [0, 0.1) is 0 Å². The molecule has 0 aliphatic heterocycles. The van der Waals surface area contributed by atoms with E-state index in [1.165, 1.54) is 38.5 Å². The standard InChI is InChI=1S/C16H30O4/c1-19-14-15-20-16(18)12-10-8-6-4-2-3-5-7-9-11-13-17/h13H,2-12,14-15H2,1H3. The SMILES string of the molecule is COCCOC(=O)CCCCCCCCCCCC=O. The summed E-state index contributed by atoms with van der Waals surface area (Å²) in [6, 6.07) is 0. The van der Waals surface area contributed by atoms with Crippen LogP contribution in [0.15, 0.2) is 0 Å². The molecule has 0 aromatic heterocycles. The number of unbranched alkanes of at least 4 members (excludes halogenated alkanes) is 9. The van der Waals surface area contributed by atoms with Gasteiger partial charge in [0, 0.05) is 20.0 Å². The number of methoxy groups -OCH3 is 1. The fraction of sp³-hybridized carbons (Fsp3) is 0.875. The highest BCUT2D eigenvalue weighted by molar-refractivity contribution is 5.69. The molecule has 0 aromatic carbocycles. The number of hydrogen-bond acceptors (Lipinski definition) is 4. The Morgan fingerprint density at radius 2 is 1.40 bits per heavy atom. The van der Waals surface area contributed by atoms with E-state index in [1.54, 1.807) is 7.11 Å². The van der Waals surface area contributed by atoms with Crippen molar-refractivity contribution < 1.29 is 19.1 Å². The number of carbonyl (C=O) groups excluding carboxylic acids is 2. The van der Waals surface area contributed by atoms with Gasteiger partial charge >= 0.3 is 5.97 Å². The van der Waals surface area contributed by atoms with Crippen molar-refractivity contribution in [1.29, 1.82) is 0 Å². The van der Waals surface area contributed by atoms with E-state index in [0.717, 1.165) is 25.5 Å². The molecule has 0 saturated heterocycles. The Kier molecular flexibility index (Phi) is 15.4. The number of aldehydes is 1. The van der Waals surface area contributed by atoms with Crippen molar-refractivity contribution in [2.75, 3.05) is 20.3 Å². The molecular formula is C16H30O4. The Balaban J connectivity index is 3.08. The van der Waals surface area contributed by atoms with Crippen molar-refractivity contribution in [2.24, 2.45) is 0 Å². The molecule has 0 radical (unpaired) electrons. The third-order valence-electron chi connectivity index (χ3n) is 3.25. The van der Waals surface area contributed by atoms with Gasteiger partial charge in [-0.2, -0.15) is 0 Å². The van der Waals surface area contributed by atoms with E-state index in [-0.39, 0.29) is 5.97 Å². The highest BCUT2D eigenvalue weighted by Gasteiger charge is 2.01.